The molecule has 2 aromatic rings. The average Bonchev–Trinajstić information content (AvgIpc) is 2.76. The van der Waals surface area contributed by atoms with Gasteiger partial charge >= 0.3 is 0 Å². The molecule has 1 aromatic carbocycles. The summed E-state index contributed by atoms with van der Waals surface area (Å²) in [6.45, 7) is 5.01. The van der Waals surface area contributed by atoms with E-state index in [0.717, 1.165) is 41.5 Å². The second kappa shape index (κ2) is 6.09. The number of carbonyl (C=O) groups is 1. The van der Waals surface area contributed by atoms with Crippen LogP contribution in [0.4, 0.5) is 0 Å². The minimum Gasteiger partial charge on any atom is -0.336 e. The van der Waals surface area contributed by atoms with Crippen LogP contribution in [0.5, 0.6) is 0 Å². The zero-order valence-electron chi connectivity index (χ0n) is 12.6. The highest BCUT2D eigenvalue weighted by atomic mass is 16.7. The maximum atomic E-state index is 12.5. The van der Waals surface area contributed by atoms with Crippen LogP contribution < -0.4 is 0 Å². The van der Waals surface area contributed by atoms with Crippen molar-refractivity contribution in [3.63, 3.8) is 0 Å². The molecule has 0 aliphatic heterocycles. The summed E-state index contributed by atoms with van der Waals surface area (Å²) in [6, 6.07) is 8.16. The summed E-state index contributed by atoms with van der Waals surface area (Å²) < 4.78 is 2.12. The van der Waals surface area contributed by atoms with E-state index in [2.05, 4.69) is 23.6 Å². The molecule has 4 heteroatoms. The van der Waals surface area contributed by atoms with Crippen LogP contribution in [0.1, 0.15) is 35.8 Å². The van der Waals surface area contributed by atoms with Gasteiger partial charge in [0.05, 0.1) is 7.11 Å². The van der Waals surface area contributed by atoms with Crippen molar-refractivity contribution in [3.05, 3.63) is 35.5 Å². The lowest BCUT2D eigenvalue weighted by Gasteiger charge is -2.16. The van der Waals surface area contributed by atoms with E-state index in [0.29, 0.717) is 0 Å². The summed E-state index contributed by atoms with van der Waals surface area (Å²) in [5.74, 6) is -0.0997. The summed E-state index contributed by atoms with van der Waals surface area (Å²) in [5, 5.41) is 2.42. The molecule has 0 bridgehead atoms. The lowest BCUT2D eigenvalue weighted by molar-refractivity contribution is -0.0763. The number of nitrogens with zero attached hydrogens (tertiary/aromatic N) is 2. The Kier molecular flexibility index (Phi) is 4.45. The van der Waals surface area contributed by atoms with E-state index in [1.807, 2.05) is 19.1 Å². The Morgan fingerprint density at radius 1 is 1.35 bits per heavy atom. The molecule has 0 aliphatic carbocycles. The van der Waals surface area contributed by atoms with Crippen molar-refractivity contribution in [2.24, 2.45) is 0 Å². The van der Waals surface area contributed by atoms with Gasteiger partial charge in [-0.3, -0.25) is 9.63 Å². The van der Waals surface area contributed by atoms with Crippen LogP contribution >= 0.6 is 0 Å². The van der Waals surface area contributed by atoms with Gasteiger partial charge in [-0.05, 0) is 25.0 Å². The van der Waals surface area contributed by atoms with E-state index in [4.69, 9.17) is 4.84 Å². The lowest BCUT2D eigenvalue weighted by Crippen LogP contribution is -2.28. The third-order valence-corrected chi connectivity index (χ3v) is 3.72. The van der Waals surface area contributed by atoms with Crippen molar-refractivity contribution in [1.29, 1.82) is 0 Å². The third-order valence-electron chi connectivity index (χ3n) is 3.72. The zero-order valence-corrected chi connectivity index (χ0v) is 12.6. The normalized spacial score (nSPS) is 11.0. The molecule has 20 heavy (non-hydrogen) atoms. The number of aryl methyl sites for hydroxylation is 2. The minimum absolute atomic E-state index is 0.0997. The van der Waals surface area contributed by atoms with Gasteiger partial charge in [0.2, 0.25) is 0 Å². The third kappa shape index (κ3) is 2.43. The number of hydrogen-bond acceptors (Lipinski definition) is 2. The van der Waals surface area contributed by atoms with Gasteiger partial charge in [-0.15, -0.1) is 0 Å². The molecular weight excluding hydrogens is 252 g/mol. The Hall–Kier alpha value is -1.81. The Bertz CT molecular complexity index is 616. The minimum atomic E-state index is -0.0997. The highest BCUT2D eigenvalue weighted by molar-refractivity contribution is 6.01. The smallest absolute Gasteiger partial charge is 0.294 e. The first kappa shape index (κ1) is 14.6. The maximum absolute atomic E-state index is 12.5. The largest absolute Gasteiger partial charge is 0.336 e. The predicted octanol–water partition coefficient (Wildman–Crippen LogP) is 3.38. The summed E-state index contributed by atoms with van der Waals surface area (Å²) in [6.07, 6.45) is 2.15. The van der Waals surface area contributed by atoms with Crippen molar-refractivity contribution < 1.29 is 9.63 Å². The Morgan fingerprint density at radius 2 is 2.05 bits per heavy atom. The molecule has 0 unspecified atom stereocenters. The molecule has 108 valence electrons. The first-order chi connectivity index (χ1) is 9.61. The Morgan fingerprint density at radius 3 is 2.70 bits per heavy atom. The molecule has 0 spiro atoms. The molecule has 1 heterocycles. The number of fused-ring (bicyclic) bond motifs is 1. The molecule has 4 nitrogen and oxygen atoms in total. The fourth-order valence-electron chi connectivity index (χ4n) is 2.53. The summed E-state index contributed by atoms with van der Waals surface area (Å²) in [4.78, 5) is 17.6. The fraction of sp³-hybridized carbons (Fsp3) is 0.438. The van der Waals surface area contributed by atoms with Crippen molar-refractivity contribution in [2.75, 3.05) is 14.2 Å². The van der Waals surface area contributed by atoms with Gasteiger partial charge < -0.3 is 4.57 Å². The van der Waals surface area contributed by atoms with E-state index in [-0.39, 0.29) is 5.91 Å². The van der Waals surface area contributed by atoms with Gasteiger partial charge in [0, 0.05) is 24.5 Å². The molecule has 0 N–H and O–H groups in total. The van der Waals surface area contributed by atoms with Crippen LogP contribution in [-0.2, 0) is 11.4 Å². The summed E-state index contributed by atoms with van der Waals surface area (Å²) >= 11 is 0. The number of hydroxylamine groups is 2. The van der Waals surface area contributed by atoms with Gasteiger partial charge in [-0.2, -0.15) is 0 Å². The molecule has 1 amide bonds. The van der Waals surface area contributed by atoms with Gasteiger partial charge in [0.15, 0.2) is 0 Å². The van der Waals surface area contributed by atoms with E-state index >= 15 is 0 Å². The summed E-state index contributed by atoms with van der Waals surface area (Å²) in [5.41, 5.74) is 2.86. The molecule has 0 saturated carbocycles. The molecule has 0 atom stereocenters. The number of benzene rings is 1. The van der Waals surface area contributed by atoms with E-state index in [9.17, 15) is 4.79 Å². The van der Waals surface area contributed by atoms with Crippen molar-refractivity contribution in [2.45, 2.75) is 33.2 Å². The summed E-state index contributed by atoms with van der Waals surface area (Å²) in [7, 11) is 3.15. The van der Waals surface area contributed by atoms with Crippen molar-refractivity contribution in [1.82, 2.24) is 9.63 Å². The van der Waals surface area contributed by atoms with Crippen LogP contribution in [0.3, 0.4) is 0 Å². The van der Waals surface area contributed by atoms with Gasteiger partial charge in [0.1, 0.15) is 5.69 Å². The molecule has 2 rings (SSSR count). The predicted molar refractivity (Wildman–Crippen MR) is 80.7 cm³/mol. The molecule has 0 fully saturated rings. The quantitative estimate of drug-likeness (QED) is 0.783. The number of rotatable bonds is 5. The number of para-hydroxylation sites is 1. The second-order valence-corrected chi connectivity index (χ2v) is 4.98. The lowest BCUT2D eigenvalue weighted by atomic mass is 10.1. The van der Waals surface area contributed by atoms with Crippen LogP contribution in [0.15, 0.2) is 24.3 Å². The zero-order chi connectivity index (χ0) is 14.7. The van der Waals surface area contributed by atoms with Crippen LogP contribution in [0.25, 0.3) is 10.9 Å². The van der Waals surface area contributed by atoms with E-state index in [1.165, 1.54) is 12.2 Å². The number of amides is 1. The number of hydrogen-bond donors (Lipinski definition) is 0. The SMILES string of the molecule is CCCCn1c(C(=O)N(C)OC)c(C)c2ccccc21. The van der Waals surface area contributed by atoms with Crippen LogP contribution in [-0.4, -0.2) is 29.7 Å². The topological polar surface area (TPSA) is 34.5 Å². The first-order valence-electron chi connectivity index (χ1n) is 7.01. The van der Waals surface area contributed by atoms with Crippen LogP contribution in [0, 0.1) is 6.92 Å². The van der Waals surface area contributed by atoms with Crippen molar-refractivity contribution in [3.8, 4) is 0 Å². The maximum Gasteiger partial charge on any atom is 0.294 e. The standard InChI is InChI=1S/C16H22N2O2/c1-5-6-11-18-14-10-8-7-9-13(14)12(2)15(18)16(19)17(3)20-4/h7-10H,5-6,11H2,1-4H3. The number of unbranched alkanes of at least 4 members (excludes halogenated alkanes) is 1. The second-order valence-electron chi connectivity index (χ2n) is 4.98. The Balaban J connectivity index is 2.61. The van der Waals surface area contributed by atoms with Crippen LogP contribution in [0.2, 0.25) is 0 Å². The Labute approximate surface area is 119 Å². The van der Waals surface area contributed by atoms with Gasteiger partial charge in [-0.1, -0.05) is 31.5 Å². The molecule has 0 radical (unpaired) electrons. The molecular formula is C16H22N2O2. The molecule has 0 saturated heterocycles. The number of aromatic nitrogens is 1. The average molecular weight is 274 g/mol. The van der Waals surface area contributed by atoms with Gasteiger partial charge in [-0.25, -0.2) is 5.06 Å². The van der Waals surface area contributed by atoms with E-state index in [1.54, 1.807) is 7.05 Å². The highest BCUT2D eigenvalue weighted by Crippen LogP contribution is 2.27. The number of carbonyl (C=O) groups excluding carboxylic acids is 1. The fourth-order valence-corrected chi connectivity index (χ4v) is 2.53. The van der Waals surface area contributed by atoms with E-state index < -0.39 is 0 Å². The molecule has 1 aromatic heterocycles. The first-order valence-corrected chi connectivity index (χ1v) is 7.01. The van der Waals surface area contributed by atoms with Gasteiger partial charge in [0.25, 0.3) is 5.91 Å². The molecule has 0 aliphatic rings. The highest BCUT2D eigenvalue weighted by Gasteiger charge is 2.22. The monoisotopic (exact) mass is 274 g/mol. The van der Waals surface area contributed by atoms with Crippen molar-refractivity contribution >= 4 is 16.8 Å².